The monoisotopic (exact) mass is 232 g/mol. The van der Waals surface area contributed by atoms with E-state index in [2.05, 4.69) is 10.1 Å². The first kappa shape index (κ1) is 11.4. The lowest BCUT2D eigenvalue weighted by Crippen LogP contribution is -2.17. The Labute approximate surface area is 99.3 Å². The van der Waals surface area contributed by atoms with Crippen LogP contribution in [0.2, 0.25) is 0 Å². The van der Waals surface area contributed by atoms with E-state index in [1.54, 1.807) is 18.3 Å². The maximum Gasteiger partial charge on any atom is 0.296 e. The third-order valence-corrected chi connectivity index (χ3v) is 2.55. The lowest BCUT2D eigenvalue weighted by atomic mass is 9.91. The molecule has 5 nitrogen and oxygen atoms in total. The first-order chi connectivity index (χ1) is 7.91. The smallest absolute Gasteiger partial charge is 0.296 e. The number of nitrogens with zero attached hydrogens (tertiary/aromatic N) is 2. The number of aromatic nitrogens is 3. The summed E-state index contributed by atoms with van der Waals surface area (Å²) in [4.78, 5) is 16.1. The maximum absolute atomic E-state index is 12.0. The largest absolute Gasteiger partial charge is 0.393 e. The van der Waals surface area contributed by atoms with Gasteiger partial charge in [0.15, 0.2) is 5.82 Å². The molecule has 0 radical (unpaired) electrons. The highest BCUT2D eigenvalue weighted by molar-refractivity contribution is 5.46. The van der Waals surface area contributed by atoms with Gasteiger partial charge in [-0.3, -0.25) is 9.89 Å². The summed E-state index contributed by atoms with van der Waals surface area (Å²) in [6.45, 7) is 5.99. The predicted octanol–water partition coefficient (Wildman–Crippen LogP) is 1.44. The topological polar surface area (TPSA) is 76.7 Å². The SMILES string of the molecule is CC(C)(C)c1[nH]n(-c2ccccn2)c(=O)c1N. The minimum atomic E-state index is -0.256. The molecule has 3 N–H and O–H groups in total. The molecule has 2 aromatic rings. The van der Waals surface area contributed by atoms with Crippen LogP contribution in [0.15, 0.2) is 29.2 Å². The molecule has 0 aliphatic rings. The second-order valence-electron chi connectivity index (χ2n) is 4.98. The average Bonchev–Trinajstić information content (AvgIpc) is 2.57. The Morgan fingerprint density at radius 1 is 1.35 bits per heavy atom. The van der Waals surface area contributed by atoms with E-state index >= 15 is 0 Å². The second kappa shape index (κ2) is 3.76. The molecule has 2 rings (SSSR count). The number of nitrogens with two attached hydrogens (primary N) is 1. The molecule has 0 unspecified atom stereocenters. The first-order valence-electron chi connectivity index (χ1n) is 5.43. The molecule has 17 heavy (non-hydrogen) atoms. The van der Waals surface area contributed by atoms with Gasteiger partial charge in [-0.25, -0.2) is 4.98 Å². The fourth-order valence-electron chi connectivity index (χ4n) is 1.67. The van der Waals surface area contributed by atoms with Crippen molar-refractivity contribution in [3.63, 3.8) is 0 Å². The van der Waals surface area contributed by atoms with Crippen LogP contribution >= 0.6 is 0 Å². The summed E-state index contributed by atoms with van der Waals surface area (Å²) in [7, 11) is 0. The van der Waals surface area contributed by atoms with E-state index < -0.39 is 0 Å². The molecule has 90 valence electrons. The Morgan fingerprint density at radius 2 is 2.06 bits per heavy atom. The van der Waals surface area contributed by atoms with Gasteiger partial charge < -0.3 is 5.73 Å². The highest BCUT2D eigenvalue weighted by Crippen LogP contribution is 2.23. The Morgan fingerprint density at radius 3 is 2.53 bits per heavy atom. The van der Waals surface area contributed by atoms with Crippen molar-refractivity contribution in [1.82, 2.24) is 14.8 Å². The van der Waals surface area contributed by atoms with Crippen molar-refractivity contribution in [1.29, 1.82) is 0 Å². The van der Waals surface area contributed by atoms with E-state index in [1.807, 2.05) is 26.8 Å². The van der Waals surface area contributed by atoms with Gasteiger partial charge in [-0.2, -0.15) is 4.68 Å². The summed E-state index contributed by atoms with van der Waals surface area (Å²) >= 11 is 0. The quantitative estimate of drug-likeness (QED) is 0.781. The van der Waals surface area contributed by atoms with E-state index in [-0.39, 0.29) is 16.7 Å². The van der Waals surface area contributed by atoms with Crippen molar-refractivity contribution >= 4 is 5.69 Å². The van der Waals surface area contributed by atoms with Crippen LogP contribution in [0.5, 0.6) is 0 Å². The second-order valence-corrected chi connectivity index (χ2v) is 4.98. The fourth-order valence-corrected chi connectivity index (χ4v) is 1.67. The van der Waals surface area contributed by atoms with Crippen LogP contribution in [0, 0.1) is 0 Å². The Balaban J connectivity index is 2.63. The number of pyridine rings is 1. The van der Waals surface area contributed by atoms with Crippen LogP contribution < -0.4 is 11.3 Å². The van der Waals surface area contributed by atoms with Gasteiger partial charge in [0.2, 0.25) is 0 Å². The van der Waals surface area contributed by atoms with Gasteiger partial charge in [-0.15, -0.1) is 0 Å². The highest BCUT2D eigenvalue weighted by atomic mass is 16.1. The number of nitrogen functional groups attached to an aromatic ring is 1. The Kier molecular flexibility index (Phi) is 2.53. The van der Waals surface area contributed by atoms with Crippen molar-refractivity contribution in [2.75, 3.05) is 5.73 Å². The van der Waals surface area contributed by atoms with Crippen LogP contribution in [0.3, 0.4) is 0 Å². The standard InChI is InChI=1S/C12H16N4O/c1-12(2,3)10-9(13)11(17)16(15-10)8-6-4-5-7-14-8/h4-7,15H,13H2,1-3H3. The van der Waals surface area contributed by atoms with Gasteiger partial charge in [0.25, 0.3) is 5.56 Å². The van der Waals surface area contributed by atoms with Crippen LogP contribution in [-0.2, 0) is 5.41 Å². The van der Waals surface area contributed by atoms with Crippen molar-refractivity contribution < 1.29 is 0 Å². The summed E-state index contributed by atoms with van der Waals surface area (Å²) < 4.78 is 1.37. The number of rotatable bonds is 1. The average molecular weight is 232 g/mol. The van der Waals surface area contributed by atoms with Gasteiger partial charge in [-0.05, 0) is 12.1 Å². The van der Waals surface area contributed by atoms with Crippen LogP contribution in [0.25, 0.3) is 5.82 Å². The van der Waals surface area contributed by atoms with Gasteiger partial charge in [0.1, 0.15) is 5.69 Å². The molecule has 0 spiro atoms. The fraction of sp³-hybridized carbons (Fsp3) is 0.333. The normalized spacial score (nSPS) is 11.7. The number of H-pyrrole nitrogens is 1. The number of aromatic amines is 1. The Bertz CT molecular complexity index is 575. The van der Waals surface area contributed by atoms with E-state index in [0.29, 0.717) is 5.82 Å². The molecule has 0 saturated carbocycles. The molecule has 0 bridgehead atoms. The molecule has 0 fully saturated rings. The molecule has 0 aromatic carbocycles. The maximum atomic E-state index is 12.0. The zero-order valence-electron chi connectivity index (χ0n) is 10.2. The molecule has 5 heteroatoms. The number of anilines is 1. The van der Waals surface area contributed by atoms with Gasteiger partial charge in [0.05, 0.1) is 5.69 Å². The molecule has 0 atom stereocenters. The van der Waals surface area contributed by atoms with Crippen LogP contribution in [0.4, 0.5) is 5.69 Å². The summed E-state index contributed by atoms with van der Waals surface area (Å²) in [5.41, 5.74) is 6.36. The molecule has 0 amide bonds. The third-order valence-electron chi connectivity index (χ3n) is 2.55. The minimum absolute atomic E-state index is 0.205. The molecule has 2 aromatic heterocycles. The molecule has 0 saturated heterocycles. The van der Waals surface area contributed by atoms with Gasteiger partial charge >= 0.3 is 0 Å². The summed E-state index contributed by atoms with van der Waals surface area (Å²) in [5, 5.41) is 3.02. The number of hydrogen-bond acceptors (Lipinski definition) is 3. The molecule has 2 heterocycles. The molecule has 0 aliphatic heterocycles. The predicted molar refractivity (Wildman–Crippen MR) is 67.3 cm³/mol. The third kappa shape index (κ3) is 1.95. The summed E-state index contributed by atoms with van der Waals surface area (Å²) in [5.74, 6) is 0.541. The van der Waals surface area contributed by atoms with Crippen LogP contribution in [-0.4, -0.2) is 14.8 Å². The highest BCUT2D eigenvalue weighted by Gasteiger charge is 2.23. The summed E-state index contributed by atoms with van der Waals surface area (Å²) in [6, 6.07) is 5.37. The minimum Gasteiger partial charge on any atom is -0.393 e. The first-order valence-corrected chi connectivity index (χ1v) is 5.43. The van der Waals surface area contributed by atoms with Crippen molar-refractivity contribution in [3.05, 3.63) is 40.4 Å². The van der Waals surface area contributed by atoms with Crippen LogP contribution in [0.1, 0.15) is 26.5 Å². The van der Waals surface area contributed by atoms with E-state index in [1.165, 1.54) is 4.68 Å². The summed E-state index contributed by atoms with van der Waals surface area (Å²) in [6.07, 6.45) is 1.63. The van der Waals surface area contributed by atoms with E-state index in [4.69, 9.17) is 5.73 Å². The number of nitrogens with one attached hydrogen (secondary N) is 1. The zero-order valence-corrected chi connectivity index (χ0v) is 10.2. The van der Waals surface area contributed by atoms with Gasteiger partial charge in [-0.1, -0.05) is 26.8 Å². The van der Waals surface area contributed by atoms with Gasteiger partial charge in [0, 0.05) is 11.6 Å². The van der Waals surface area contributed by atoms with Crippen molar-refractivity contribution in [2.45, 2.75) is 26.2 Å². The number of hydrogen-bond donors (Lipinski definition) is 2. The molecular formula is C12H16N4O. The Hall–Kier alpha value is -2.04. The van der Waals surface area contributed by atoms with Crippen molar-refractivity contribution in [2.24, 2.45) is 0 Å². The van der Waals surface area contributed by atoms with Crippen molar-refractivity contribution in [3.8, 4) is 5.82 Å². The van der Waals surface area contributed by atoms with E-state index in [9.17, 15) is 4.79 Å². The van der Waals surface area contributed by atoms with E-state index in [0.717, 1.165) is 5.69 Å². The molecular weight excluding hydrogens is 216 g/mol. The molecule has 0 aliphatic carbocycles. The zero-order chi connectivity index (χ0) is 12.6. The lowest BCUT2D eigenvalue weighted by Gasteiger charge is -2.16. The lowest BCUT2D eigenvalue weighted by molar-refractivity contribution is 0.561.